The fourth-order valence-electron chi connectivity index (χ4n) is 2.73. The van der Waals surface area contributed by atoms with Gasteiger partial charge in [0.2, 0.25) is 0 Å². The van der Waals surface area contributed by atoms with E-state index in [0.29, 0.717) is 11.1 Å². The Morgan fingerprint density at radius 1 is 0.852 bits per heavy atom. The van der Waals surface area contributed by atoms with E-state index in [1.165, 1.54) is 0 Å². The first-order valence-electron chi connectivity index (χ1n) is 8.73. The second-order valence-electron chi connectivity index (χ2n) is 6.60. The SMILES string of the molecule is Cc1ccc(C(=O)O[C@H]2C[C@H](Cl)OC[C@H]2OC(=O)c2ccc(C)cc2)cc1. The van der Waals surface area contributed by atoms with Crippen LogP contribution in [0.25, 0.3) is 0 Å². The lowest BCUT2D eigenvalue weighted by Gasteiger charge is -2.33. The summed E-state index contributed by atoms with van der Waals surface area (Å²) in [5, 5.41) is 0. The molecular weight excluding hydrogens is 368 g/mol. The van der Waals surface area contributed by atoms with E-state index in [2.05, 4.69) is 0 Å². The van der Waals surface area contributed by atoms with Gasteiger partial charge >= 0.3 is 11.9 Å². The lowest BCUT2D eigenvalue weighted by Crippen LogP contribution is -2.45. The summed E-state index contributed by atoms with van der Waals surface area (Å²) in [6.45, 7) is 3.94. The minimum absolute atomic E-state index is 0.0671. The number of alkyl halides is 1. The average Bonchev–Trinajstić information content (AvgIpc) is 2.65. The maximum Gasteiger partial charge on any atom is 0.338 e. The number of hydrogen-bond donors (Lipinski definition) is 0. The number of rotatable bonds is 4. The maximum atomic E-state index is 12.4. The molecule has 0 amide bonds. The minimum atomic E-state index is -0.719. The molecule has 0 N–H and O–H groups in total. The quantitative estimate of drug-likeness (QED) is 0.584. The monoisotopic (exact) mass is 388 g/mol. The molecule has 0 spiro atoms. The van der Waals surface area contributed by atoms with E-state index < -0.39 is 29.7 Å². The van der Waals surface area contributed by atoms with Gasteiger partial charge < -0.3 is 14.2 Å². The molecular formula is C21H21ClO5. The Morgan fingerprint density at radius 3 is 1.78 bits per heavy atom. The van der Waals surface area contributed by atoms with E-state index >= 15 is 0 Å². The molecule has 1 aliphatic heterocycles. The van der Waals surface area contributed by atoms with Crippen LogP contribution in [0.15, 0.2) is 48.5 Å². The van der Waals surface area contributed by atoms with Gasteiger partial charge in [0.15, 0.2) is 6.10 Å². The van der Waals surface area contributed by atoms with Crippen LogP contribution in [0.2, 0.25) is 0 Å². The van der Waals surface area contributed by atoms with Crippen molar-refractivity contribution in [2.24, 2.45) is 0 Å². The molecule has 5 nitrogen and oxygen atoms in total. The number of hydrogen-bond acceptors (Lipinski definition) is 5. The van der Waals surface area contributed by atoms with Crippen LogP contribution in [-0.2, 0) is 14.2 Å². The Labute approximate surface area is 163 Å². The Hall–Kier alpha value is -2.37. The average molecular weight is 389 g/mol. The van der Waals surface area contributed by atoms with E-state index in [9.17, 15) is 9.59 Å². The molecule has 2 aromatic carbocycles. The van der Waals surface area contributed by atoms with Crippen LogP contribution >= 0.6 is 11.6 Å². The first-order valence-corrected chi connectivity index (χ1v) is 9.17. The molecule has 1 saturated heterocycles. The number of carbonyl (C=O) groups is 2. The first kappa shape index (κ1) is 19.4. The van der Waals surface area contributed by atoms with Gasteiger partial charge in [-0.3, -0.25) is 0 Å². The van der Waals surface area contributed by atoms with Crippen LogP contribution in [0.1, 0.15) is 38.3 Å². The molecule has 6 heteroatoms. The van der Waals surface area contributed by atoms with Gasteiger partial charge in [-0.2, -0.15) is 0 Å². The van der Waals surface area contributed by atoms with Gasteiger partial charge in [-0.25, -0.2) is 9.59 Å². The van der Waals surface area contributed by atoms with Gasteiger partial charge in [-0.1, -0.05) is 47.0 Å². The fraction of sp³-hybridized carbons (Fsp3) is 0.333. The Balaban J connectivity index is 1.69. The normalized spacial score (nSPS) is 22.1. The van der Waals surface area contributed by atoms with Crippen LogP contribution in [-0.4, -0.2) is 36.3 Å². The molecule has 1 fully saturated rings. The molecule has 27 heavy (non-hydrogen) atoms. The second-order valence-corrected chi connectivity index (χ2v) is 7.09. The third kappa shape index (κ3) is 5.08. The highest BCUT2D eigenvalue weighted by molar-refractivity contribution is 6.19. The third-order valence-corrected chi connectivity index (χ3v) is 4.67. The number of esters is 2. The second kappa shape index (κ2) is 8.55. The van der Waals surface area contributed by atoms with E-state index in [-0.39, 0.29) is 13.0 Å². The Morgan fingerprint density at radius 2 is 1.30 bits per heavy atom. The van der Waals surface area contributed by atoms with Crippen molar-refractivity contribution >= 4 is 23.5 Å². The molecule has 2 aromatic rings. The summed E-state index contributed by atoms with van der Waals surface area (Å²) in [7, 11) is 0. The standard InChI is InChI=1S/C21H21ClO5/c1-13-3-7-15(8-4-13)20(23)26-17-11-19(22)25-12-18(17)27-21(24)16-9-5-14(2)6-10-16/h3-10,17-19H,11-12H2,1-2H3/t17-,18+,19+/m0/s1. The number of halogens is 1. The van der Waals surface area contributed by atoms with E-state index in [4.69, 9.17) is 25.8 Å². The van der Waals surface area contributed by atoms with Gasteiger partial charge in [0.1, 0.15) is 11.7 Å². The third-order valence-electron chi connectivity index (χ3n) is 4.36. The molecule has 1 aliphatic rings. The molecule has 0 radical (unpaired) electrons. The van der Waals surface area contributed by atoms with Gasteiger partial charge in [0.25, 0.3) is 0 Å². The Bertz CT molecular complexity index is 800. The molecule has 3 atom stereocenters. The van der Waals surface area contributed by atoms with E-state index in [1.54, 1.807) is 24.3 Å². The van der Waals surface area contributed by atoms with Gasteiger partial charge in [0, 0.05) is 6.42 Å². The number of benzene rings is 2. The zero-order valence-electron chi connectivity index (χ0n) is 15.2. The topological polar surface area (TPSA) is 61.8 Å². The summed E-state index contributed by atoms with van der Waals surface area (Å²) in [5.74, 6) is -0.977. The molecule has 1 heterocycles. The van der Waals surface area contributed by atoms with Crippen molar-refractivity contribution in [1.82, 2.24) is 0 Å². The van der Waals surface area contributed by atoms with E-state index in [1.807, 2.05) is 38.1 Å². The highest BCUT2D eigenvalue weighted by Gasteiger charge is 2.36. The van der Waals surface area contributed by atoms with Crippen LogP contribution < -0.4 is 0 Å². The van der Waals surface area contributed by atoms with Crippen LogP contribution in [0, 0.1) is 13.8 Å². The number of carbonyl (C=O) groups excluding carboxylic acids is 2. The fourth-order valence-corrected chi connectivity index (χ4v) is 2.98. The summed E-state index contributed by atoms with van der Waals surface area (Å²) in [5.41, 5.74) is 2.35. The zero-order chi connectivity index (χ0) is 19.4. The van der Waals surface area contributed by atoms with Gasteiger partial charge in [0.05, 0.1) is 17.7 Å². The highest BCUT2D eigenvalue weighted by atomic mass is 35.5. The van der Waals surface area contributed by atoms with Crippen molar-refractivity contribution in [3.8, 4) is 0 Å². The summed E-state index contributed by atoms with van der Waals surface area (Å²) < 4.78 is 16.5. The van der Waals surface area contributed by atoms with Crippen LogP contribution in [0.3, 0.4) is 0 Å². The summed E-state index contributed by atoms with van der Waals surface area (Å²) >= 11 is 6.04. The molecule has 0 unspecified atom stereocenters. The van der Waals surface area contributed by atoms with Gasteiger partial charge in [-0.05, 0) is 38.1 Å². The molecule has 142 valence electrons. The smallest absolute Gasteiger partial charge is 0.338 e. The minimum Gasteiger partial charge on any atom is -0.455 e. The summed E-state index contributed by atoms with van der Waals surface area (Å²) in [6, 6.07) is 14.1. The van der Waals surface area contributed by atoms with Crippen LogP contribution in [0.5, 0.6) is 0 Å². The lowest BCUT2D eigenvalue weighted by molar-refractivity contribution is -0.110. The zero-order valence-corrected chi connectivity index (χ0v) is 15.9. The van der Waals surface area contributed by atoms with Crippen molar-refractivity contribution < 1.29 is 23.8 Å². The first-order chi connectivity index (χ1) is 12.9. The van der Waals surface area contributed by atoms with E-state index in [0.717, 1.165) is 11.1 Å². The molecule has 0 bridgehead atoms. The predicted octanol–water partition coefficient (Wildman–Crippen LogP) is 4.04. The molecule has 3 rings (SSSR count). The highest BCUT2D eigenvalue weighted by Crippen LogP contribution is 2.24. The lowest BCUT2D eigenvalue weighted by atomic mass is 10.1. The predicted molar refractivity (Wildman–Crippen MR) is 101 cm³/mol. The van der Waals surface area contributed by atoms with Crippen molar-refractivity contribution in [2.75, 3.05) is 6.61 Å². The summed E-state index contributed by atoms with van der Waals surface area (Å²) in [4.78, 5) is 24.8. The van der Waals surface area contributed by atoms with Crippen molar-refractivity contribution in [3.63, 3.8) is 0 Å². The molecule has 0 aliphatic carbocycles. The number of ether oxygens (including phenoxy) is 3. The number of aryl methyl sites for hydroxylation is 2. The summed E-state index contributed by atoms with van der Waals surface area (Å²) in [6.07, 6.45) is -1.15. The largest absolute Gasteiger partial charge is 0.455 e. The van der Waals surface area contributed by atoms with Crippen molar-refractivity contribution in [1.29, 1.82) is 0 Å². The molecule has 0 saturated carbocycles. The van der Waals surface area contributed by atoms with Crippen molar-refractivity contribution in [3.05, 3.63) is 70.8 Å². The maximum absolute atomic E-state index is 12.4. The van der Waals surface area contributed by atoms with Crippen molar-refractivity contribution in [2.45, 2.75) is 38.0 Å². The molecule has 0 aromatic heterocycles. The van der Waals surface area contributed by atoms with Crippen LogP contribution in [0.4, 0.5) is 0 Å². The van der Waals surface area contributed by atoms with Gasteiger partial charge in [-0.15, -0.1) is 0 Å². The Kier molecular flexibility index (Phi) is 6.14.